The van der Waals surface area contributed by atoms with Crippen LogP contribution in [0.5, 0.6) is 0 Å². The molecule has 0 fully saturated rings. The second kappa shape index (κ2) is 9.15. The van der Waals surface area contributed by atoms with Gasteiger partial charge < -0.3 is 10.2 Å². The number of benzene rings is 2. The molecule has 0 saturated carbocycles. The number of nitrogens with zero attached hydrogens (tertiary/aromatic N) is 3. The fourth-order valence-electron chi connectivity index (χ4n) is 2.40. The van der Waals surface area contributed by atoms with E-state index in [0.717, 1.165) is 5.56 Å². The summed E-state index contributed by atoms with van der Waals surface area (Å²) in [4.78, 5) is 24.8. The monoisotopic (exact) mass is 364 g/mol. The van der Waals surface area contributed by atoms with E-state index in [9.17, 15) is 20.2 Å². The van der Waals surface area contributed by atoms with Gasteiger partial charge in [0.25, 0.3) is 11.6 Å². The van der Waals surface area contributed by atoms with Gasteiger partial charge in [0.1, 0.15) is 17.3 Å². The highest BCUT2D eigenvalue weighted by atomic mass is 16.6. The van der Waals surface area contributed by atoms with Gasteiger partial charge in [-0.3, -0.25) is 14.9 Å². The lowest BCUT2D eigenvalue weighted by molar-refractivity contribution is -0.383. The lowest BCUT2D eigenvalue weighted by Gasteiger charge is -2.25. The van der Waals surface area contributed by atoms with E-state index < -0.39 is 10.8 Å². The molecule has 0 unspecified atom stereocenters. The average molecular weight is 364 g/mol. The van der Waals surface area contributed by atoms with Crippen LogP contribution in [0.2, 0.25) is 0 Å². The first-order chi connectivity index (χ1) is 12.9. The summed E-state index contributed by atoms with van der Waals surface area (Å²) in [6.45, 7) is 4.44. The topological polar surface area (TPSA) is 99.3 Å². The summed E-state index contributed by atoms with van der Waals surface area (Å²) in [7, 11) is 0. The van der Waals surface area contributed by atoms with E-state index in [1.807, 2.05) is 55.1 Å². The van der Waals surface area contributed by atoms with Gasteiger partial charge in [0.05, 0.1) is 4.92 Å². The maximum atomic E-state index is 12.5. The van der Waals surface area contributed by atoms with Crippen LogP contribution in [0.1, 0.15) is 19.4 Å². The van der Waals surface area contributed by atoms with Crippen LogP contribution in [-0.4, -0.2) is 21.8 Å². The van der Waals surface area contributed by atoms with Gasteiger partial charge in [0, 0.05) is 24.9 Å². The lowest BCUT2D eigenvalue weighted by atomic mass is 10.2. The van der Waals surface area contributed by atoms with E-state index in [2.05, 4.69) is 5.32 Å². The van der Waals surface area contributed by atoms with Crippen molar-refractivity contribution in [2.45, 2.75) is 26.4 Å². The second-order valence-corrected chi connectivity index (χ2v) is 6.13. The summed E-state index contributed by atoms with van der Waals surface area (Å²) in [6.07, 6.45) is 1.49. The Morgan fingerprint density at radius 3 is 2.44 bits per heavy atom. The molecule has 0 saturated heterocycles. The number of carbonyl (C=O) groups is 1. The number of amides is 1. The Morgan fingerprint density at radius 1 is 1.22 bits per heavy atom. The predicted octanol–water partition coefficient (Wildman–Crippen LogP) is 3.85. The number of nitro benzene ring substituents is 1. The summed E-state index contributed by atoms with van der Waals surface area (Å²) in [6, 6.07) is 17.4. The lowest BCUT2D eigenvalue weighted by Crippen LogP contribution is -2.27. The molecule has 2 aromatic carbocycles. The minimum absolute atomic E-state index is 0.0485. The molecule has 0 aromatic heterocycles. The fraction of sp³-hybridized carbons (Fsp3) is 0.200. The van der Waals surface area contributed by atoms with Crippen LogP contribution in [-0.2, 0) is 11.3 Å². The standard InChI is InChI=1S/C20H20N4O3/c1-15(2)23(13-16-8-4-3-5-9-16)14-17(12-21)20(25)22-18-10-6-7-11-19(18)24(26)27/h3-11,14-15H,13H2,1-2H3,(H,22,25)/b17-14-. The molecule has 0 atom stereocenters. The van der Waals surface area contributed by atoms with E-state index in [0.29, 0.717) is 6.54 Å². The molecule has 7 nitrogen and oxygen atoms in total. The molecule has 0 radical (unpaired) electrons. The third-order valence-corrected chi connectivity index (χ3v) is 3.88. The molecule has 0 heterocycles. The molecule has 138 valence electrons. The molecule has 0 bridgehead atoms. The molecule has 0 aliphatic heterocycles. The fourth-order valence-corrected chi connectivity index (χ4v) is 2.40. The van der Waals surface area contributed by atoms with E-state index in [1.165, 1.54) is 24.4 Å². The van der Waals surface area contributed by atoms with Gasteiger partial charge in [-0.25, -0.2) is 0 Å². The minimum Gasteiger partial charge on any atom is -0.369 e. The second-order valence-electron chi connectivity index (χ2n) is 6.13. The van der Waals surface area contributed by atoms with Crippen molar-refractivity contribution in [3.05, 3.63) is 82.0 Å². The van der Waals surface area contributed by atoms with Crippen LogP contribution in [0.15, 0.2) is 66.4 Å². The Labute approximate surface area is 157 Å². The Kier molecular flexibility index (Phi) is 6.67. The van der Waals surface area contributed by atoms with Crippen LogP contribution in [0.4, 0.5) is 11.4 Å². The summed E-state index contributed by atoms with van der Waals surface area (Å²) in [5, 5.41) is 22.9. The number of nitro groups is 1. The van der Waals surface area contributed by atoms with Gasteiger partial charge in [-0.15, -0.1) is 0 Å². The van der Waals surface area contributed by atoms with Crippen LogP contribution < -0.4 is 5.32 Å². The van der Waals surface area contributed by atoms with Crippen molar-refractivity contribution in [3.8, 4) is 6.07 Å². The highest BCUT2D eigenvalue weighted by molar-refractivity contribution is 6.07. The summed E-state index contributed by atoms with van der Waals surface area (Å²) in [5.74, 6) is -0.689. The van der Waals surface area contributed by atoms with Crippen LogP contribution >= 0.6 is 0 Å². The summed E-state index contributed by atoms with van der Waals surface area (Å²) in [5.41, 5.74) is 0.734. The Hall–Kier alpha value is -3.66. The van der Waals surface area contributed by atoms with Crippen LogP contribution in [0.25, 0.3) is 0 Å². The zero-order valence-electron chi connectivity index (χ0n) is 15.1. The van der Waals surface area contributed by atoms with E-state index in [4.69, 9.17) is 0 Å². The third-order valence-electron chi connectivity index (χ3n) is 3.88. The Balaban J connectivity index is 2.24. The smallest absolute Gasteiger partial charge is 0.292 e. The quantitative estimate of drug-likeness (QED) is 0.348. The zero-order valence-corrected chi connectivity index (χ0v) is 15.1. The van der Waals surface area contributed by atoms with E-state index in [-0.39, 0.29) is 23.0 Å². The molecule has 0 aliphatic rings. The SMILES string of the molecule is CC(C)N(/C=C(/C#N)C(=O)Nc1ccccc1[N+](=O)[O-])Cc1ccccc1. The van der Waals surface area contributed by atoms with Crippen molar-refractivity contribution in [2.24, 2.45) is 0 Å². The van der Waals surface area contributed by atoms with Gasteiger partial charge in [0.15, 0.2) is 0 Å². The number of nitriles is 1. The molecular formula is C20H20N4O3. The first-order valence-corrected chi connectivity index (χ1v) is 8.38. The normalized spacial score (nSPS) is 11.0. The Morgan fingerprint density at radius 2 is 1.85 bits per heavy atom. The van der Waals surface area contributed by atoms with Crippen molar-refractivity contribution < 1.29 is 9.72 Å². The van der Waals surface area contributed by atoms with Gasteiger partial charge in [-0.2, -0.15) is 5.26 Å². The minimum atomic E-state index is -0.689. The molecule has 1 N–H and O–H groups in total. The molecule has 0 spiro atoms. The number of para-hydroxylation sites is 2. The van der Waals surface area contributed by atoms with Crippen molar-refractivity contribution >= 4 is 17.3 Å². The number of anilines is 1. The molecule has 2 aromatic rings. The summed E-state index contributed by atoms with van der Waals surface area (Å²) < 4.78 is 0. The molecule has 1 amide bonds. The van der Waals surface area contributed by atoms with Crippen LogP contribution in [0.3, 0.4) is 0 Å². The number of hydrogen-bond acceptors (Lipinski definition) is 5. The third kappa shape index (κ3) is 5.41. The number of nitrogens with one attached hydrogen (secondary N) is 1. The van der Waals surface area contributed by atoms with Gasteiger partial charge in [0.2, 0.25) is 0 Å². The van der Waals surface area contributed by atoms with Crippen molar-refractivity contribution in [1.29, 1.82) is 5.26 Å². The number of carbonyl (C=O) groups excluding carboxylic acids is 1. The highest BCUT2D eigenvalue weighted by Gasteiger charge is 2.18. The number of hydrogen-bond donors (Lipinski definition) is 1. The van der Waals surface area contributed by atoms with Crippen molar-refractivity contribution in [1.82, 2.24) is 4.90 Å². The average Bonchev–Trinajstić information content (AvgIpc) is 2.65. The molecule has 0 aliphatic carbocycles. The first-order valence-electron chi connectivity index (χ1n) is 8.38. The maximum absolute atomic E-state index is 12.5. The molecule has 27 heavy (non-hydrogen) atoms. The largest absolute Gasteiger partial charge is 0.369 e. The Bertz CT molecular complexity index is 886. The van der Waals surface area contributed by atoms with Gasteiger partial charge >= 0.3 is 0 Å². The summed E-state index contributed by atoms with van der Waals surface area (Å²) >= 11 is 0. The van der Waals surface area contributed by atoms with Crippen LogP contribution in [0, 0.1) is 21.4 Å². The van der Waals surface area contributed by atoms with Crippen molar-refractivity contribution in [2.75, 3.05) is 5.32 Å². The molecule has 7 heteroatoms. The number of rotatable bonds is 7. The van der Waals surface area contributed by atoms with E-state index >= 15 is 0 Å². The highest BCUT2D eigenvalue weighted by Crippen LogP contribution is 2.23. The molecule has 2 rings (SSSR count). The molecular weight excluding hydrogens is 344 g/mol. The zero-order chi connectivity index (χ0) is 19.8. The maximum Gasteiger partial charge on any atom is 0.292 e. The van der Waals surface area contributed by atoms with Gasteiger partial charge in [-0.1, -0.05) is 42.5 Å². The predicted molar refractivity (Wildman–Crippen MR) is 103 cm³/mol. The van der Waals surface area contributed by atoms with Gasteiger partial charge in [-0.05, 0) is 25.5 Å². The first kappa shape index (κ1) is 19.7. The van der Waals surface area contributed by atoms with E-state index in [1.54, 1.807) is 6.07 Å². The van der Waals surface area contributed by atoms with Crippen molar-refractivity contribution in [3.63, 3.8) is 0 Å².